The van der Waals surface area contributed by atoms with Gasteiger partial charge in [-0.15, -0.1) is 0 Å². The molecule has 0 spiro atoms. The molecule has 0 bridgehead atoms. The summed E-state index contributed by atoms with van der Waals surface area (Å²) in [6.45, 7) is 5.39. The van der Waals surface area contributed by atoms with E-state index in [1.54, 1.807) is 24.3 Å². The minimum atomic E-state index is -0.941. The van der Waals surface area contributed by atoms with Crippen molar-refractivity contribution >= 4 is 17.6 Å². The Morgan fingerprint density at radius 1 is 0.963 bits per heavy atom. The predicted molar refractivity (Wildman–Crippen MR) is 103 cm³/mol. The van der Waals surface area contributed by atoms with Crippen LogP contribution in [0.15, 0.2) is 48.5 Å². The van der Waals surface area contributed by atoms with Crippen LogP contribution in [0, 0.1) is 0 Å². The largest absolute Gasteiger partial charge is 0.493 e. The number of anilines is 1. The Hall–Kier alpha value is -3.02. The van der Waals surface area contributed by atoms with Gasteiger partial charge < -0.3 is 19.5 Å². The quantitative estimate of drug-likeness (QED) is 0.715. The smallest absolute Gasteiger partial charge is 0.344 e. The monoisotopic (exact) mass is 371 g/mol. The van der Waals surface area contributed by atoms with Crippen molar-refractivity contribution < 1.29 is 23.8 Å². The molecule has 0 aliphatic heterocycles. The van der Waals surface area contributed by atoms with Crippen molar-refractivity contribution in [1.82, 2.24) is 0 Å². The van der Waals surface area contributed by atoms with Gasteiger partial charge in [-0.1, -0.05) is 38.1 Å². The fourth-order valence-corrected chi connectivity index (χ4v) is 2.35. The predicted octanol–water partition coefficient (Wildman–Crippen LogP) is 3.77. The highest BCUT2D eigenvalue weighted by Crippen LogP contribution is 2.25. The summed E-state index contributed by atoms with van der Waals surface area (Å²) in [5, 5.41) is 2.73. The molecule has 1 atom stereocenters. The number of hydrogen-bond acceptors (Lipinski definition) is 5. The summed E-state index contributed by atoms with van der Waals surface area (Å²) >= 11 is 0. The average molecular weight is 371 g/mol. The van der Waals surface area contributed by atoms with Crippen LogP contribution < -0.4 is 14.8 Å². The van der Waals surface area contributed by atoms with Gasteiger partial charge in [0.2, 0.25) is 0 Å². The van der Waals surface area contributed by atoms with Gasteiger partial charge in [0.05, 0.1) is 7.11 Å². The van der Waals surface area contributed by atoms with Crippen molar-refractivity contribution in [3.8, 4) is 11.5 Å². The highest BCUT2D eigenvalue weighted by Gasteiger charge is 2.19. The van der Waals surface area contributed by atoms with Crippen molar-refractivity contribution in [2.75, 3.05) is 19.0 Å². The molecule has 0 fully saturated rings. The molecule has 1 N–H and O–H groups in total. The molecule has 6 nitrogen and oxygen atoms in total. The molecule has 0 aliphatic carbocycles. The summed E-state index contributed by atoms with van der Waals surface area (Å²) in [4.78, 5) is 24.1. The van der Waals surface area contributed by atoms with Gasteiger partial charge in [0.25, 0.3) is 5.91 Å². The van der Waals surface area contributed by atoms with Gasteiger partial charge in [0, 0.05) is 5.69 Å². The lowest BCUT2D eigenvalue weighted by Crippen LogP contribution is -2.31. The minimum Gasteiger partial charge on any atom is -0.493 e. The molecule has 27 heavy (non-hydrogen) atoms. The molecule has 0 aromatic heterocycles. The van der Waals surface area contributed by atoms with E-state index < -0.39 is 18.0 Å². The molecular weight excluding hydrogens is 346 g/mol. The maximum Gasteiger partial charge on any atom is 0.344 e. The van der Waals surface area contributed by atoms with E-state index in [-0.39, 0.29) is 6.61 Å². The molecule has 0 saturated heterocycles. The van der Waals surface area contributed by atoms with E-state index in [4.69, 9.17) is 14.2 Å². The van der Waals surface area contributed by atoms with Gasteiger partial charge in [-0.05, 0) is 42.7 Å². The Morgan fingerprint density at radius 3 is 2.19 bits per heavy atom. The normalized spacial score (nSPS) is 11.6. The van der Waals surface area contributed by atoms with Crippen LogP contribution in [0.3, 0.4) is 0 Å². The highest BCUT2D eigenvalue weighted by atomic mass is 16.6. The number of para-hydroxylation sites is 2. The van der Waals surface area contributed by atoms with Crippen LogP contribution in [0.25, 0.3) is 0 Å². The number of methoxy groups -OCH3 is 1. The first-order chi connectivity index (χ1) is 12.9. The summed E-state index contributed by atoms with van der Waals surface area (Å²) in [5.41, 5.74) is 1.83. The van der Waals surface area contributed by atoms with Crippen LogP contribution in [-0.4, -0.2) is 31.7 Å². The van der Waals surface area contributed by atoms with E-state index >= 15 is 0 Å². The van der Waals surface area contributed by atoms with Gasteiger partial charge in [-0.25, -0.2) is 4.79 Å². The SMILES string of the molecule is COc1ccccc1OCC(=O)O[C@@H](C)C(=O)Nc1ccc(C(C)C)cc1. The van der Waals surface area contributed by atoms with Crippen LogP contribution in [0.1, 0.15) is 32.3 Å². The maximum absolute atomic E-state index is 12.2. The Balaban J connectivity index is 1.83. The van der Waals surface area contributed by atoms with E-state index in [0.29, 0.717) is 23.1 Å². The zero-order valence-corrected chi connectivity index (χ0v) is 16.0. The number of hydrogen-bond donors (Lipinski definition) is 1. The molecule has 0 saturated carbocycles. The Morgan fingerprint density at radius 2 is 1.59 bits per heavy atom. The van der Waals surface area contributed by atoms with Gasteiger partial charge in [0.15, 0.2) is 24.2 Å². The fourth-order valence-electron chi connectivity index (χ4n) is 2.35. The third-order valence-corrected chi connectivity index (χ3v) is 3.94. The summed E-state index contributed by atoms with van der Waals surface area (Å²) in [7, 11) is 1.51. The summed E-state index contributed by atoms with van der Waals surface area (Å²) in [5.74, 6) is 0.315. The number of ether oxygens (including phenoxy) is 3. The van der Waals surface area contributed by atoms with Gasteiger partial charge >= 0.3 is 5.97 Å². The molecule has 2 aromatic rings. The molecule has 6 heteroatoms. The Kier molecular flexibility index (Phi) is 7.23. The van der Waals surface area contributed by atoms with Gasteiger partial charge in [-0.3, -0.25) is 4.79 Å². The van der Waals surface area contributed by atoms with E-state index in [0.717, 1.165) is 0 Å². The van der Waals surface area contributed by atoms with Crippen molar-refractivity contribution in [2.45, 2.75) is 32.8 Å². The standard InChI is InChI=1S/C21H25NO5/c1-14(2)16-9-11-17(12-10-16)22-21(24)15(3)27-20(23)13-26-19-8-6-5-7-18(19)25-4/h5-12,14-15H,13H2,1-4H3,(H,22,24)/t15-/m0/s1. The number of carbonyl (C=O) groups is 2. The second kappa shape index (κ2) is 9.62. The molecule has 0 radical (unpaired) electrons. The first-order valence-corrected chi connectivity index (χ1v) is 8.76. The van der Waals surface area contributed by atoms with Crippen LogP contribution in [0.4, 0.5) is 5.69 Å². The van der Waals surface area contributed by atoms with Crippen LogP contribution in [0.2, 0.25) is 0 Å². The van der Waals surface area contributed by atoms with Gasteiger partial charge in [0.1, 0.15) is 0 Å². The number of esters is 1. The Labute approximate surface area is 159 Å². The molecular formula is C21H25NO5. The van der Waals surface area contributed by atoms with E-state index in [2.05, 4.69) is 19.2 Å². The molecule has 2 rings (SSSR count). The van der Waals surface area contributed by atoms with Crippen LogP contribution >= 0.6 is 0 Å². The molecule has 0 aliphatic rings. The zero-order chi connectivity index (χ0) is 19.8. The van der Waals surface area contributed by atoms with E-state index in [1.807, 2.05) is 24.3 Å². The number of amides is 1. The summed E-state index contributed by atoms with van der Waals surface area (Å²) in [6.07, 6.45) is -0.941. The number of carbonyl (C=O) groups excluding carboxylic acids is 2. The molecule has 1 amide bonds. The van der Waals surface area contributed by atoms with E-state index in [1.165, 1.54) is 19.6 Å². The van der Waals surface area contributed by atoms with Crippen LogP contribution in [-0.2, 0) is 14.3 Å². The molecule has 0 heterocycles. The molecule has 144 valence electrons. The minimum absolute atomic E-state index is 0.318. The average Bonchev–Trinajstić information content (AvgIpc) is 2.66. The maximum atomic E-state index is 12.2. The van der Waals surface area contributed by atoms with Gasteiger partial charge in [-0.2, -0.15) is 0 Å². The second-order valence-corrected chi connectivity index (χ2v) is 6.34. The van der Waals surface area contributed by atoms with Crippen molar-refractivity contribution in [1.29, 1.82) is 0 Å². The van der Waals surface area contributed by atoms with Crippen molar-refractivity contribution in [3.05, 3.63) is 54.1 Å². The van der Waals surface area contributed by atoms with Crippen molar-refractivity contribution in [2.24, 2.45) is 0 Å². The summed E-state index contributed by atoms with van der Waals surface area (Å²) in [6, 6.07) is 14.5. The topological polar surface area (TPSA) is 73.9 Å². The fraction of sp³-hybridized carbons (Fsp3) is 0.333. The van der Waals surface area contributed by atoms with Crippen LogP contribution in [0.5, 0.6) is 11.5 Å². The third-order valence-electron chi connectivity index (χ3n) is 3.94. The lowest BCUT2D eigenvalue weighted by atomic mass is 10.0. The number of rotatable bonds is 8. The first kappa shape index (κ1) is 20.3. The van der Waals surface area contributed by atoms with Crippen molar-refractivity contribution in [3.63, 3.8) is 0 Å². The third kappa shape index (κ3) is 6.02. The second-order valence-electron chi connectivity index (χ2n) is 6.34. The molecule has 2 aromatic carbocycles. The summed E-state index contributed by atoms with van der Waals surface area (Å²) < 4.78 is 15.7. The Bertz CT molecular complexity index is 770. The number of benzene rings is 2. The lowest BCUT2D eigenvalue weighted by Gasteiger charge is -2.15. The van der Waals surface area contributed by atoms with E-state index in [9.17, 15) is 9.59 Å². The zero-order valence-electron chi connectivity index (χ0n) is 16.0. The number of nitrogens with one attached hydrogen (secondary N) is 1. The lowest BCUT2D eigenvalue weighted by molar-refractivity contribution is -0.155. The first-order valence-electron chi connectivity index (χ1n) is 8.76. The molecule has 0 unspecified atom stereocenters. The highest BCUT2D eigenvalue weighted by molar-refractivity contribution is 5.95.